The molecule has 1 amide bonds. The summed E-state index contributed by atoms with van der Waals surface area (Å²) in [7, 11) is 0. The third-order valence-electron chi connectivity index (χ3n) is 3.10. The summed E-state index contributed by atoms with van der Waals surface area (Å²) in [6, 6.07) is 6.08. The van der Waals surface area contributed by atoms with E-state index in [1.807, 2.05) is 19.1 Å². The van der Waals surface area contributed by atoms with Crippen LogP contribution >= 0.6 is 15.9 Å². The highest BCUT2D eigenvalue weighted by molar-refractivity contribution is 9.10. The van der Waals surface area contributed by atoms with Gasteiger partial charge in [-0.15, -0.1) is 0 Å². The van der Waals surface area contributed by atoms with Gasteiger partial charge in [-0.25, -0.2) is 0 Å². The summed E-state index contributed by atoms with van der Waals surface area (Å²) < 4.78 is 1.01. The number of rotatable bonds is 1. The van der Waals surface area contributed by atoms with Crippen molar-refractivity contribution in [3.8, 4) is 0 Å². The molecule has 2 N–H and O–H groups in total. The molecule has 0 saturated carbocycles. The molecule has 0 heterocycles. The van der Waals surface area contributed by atoms with Crippen LogP contribution in [0.2, 0.25) is 0 Å². The van der Waals surface area contributed by atoms with Gasteiger partial charge in [-0.3, -0.25) is 4.79 Å². The fourth-order valence-corrected chi connectivity index (χ4v) is 2.42. The van der Waals surface area contributed by atoms with E-state index in [0.29, 0.717) is 0 Å². The van der Waals surface area contributed by atoms with E-state index in [4.69, 9.17) is 5.73 Å². The first-order chi connectivity index (χ1) is 6.54. The smallest absolute Gasteiger partial charge is 0.227 e. The topological polar surface area (TPSA) is 43.1 Å². The number of amides is 1. The largest absolute Gasteiger partial charge is 0.369 e. The Bertz CT molecular complexity index is 402. The number of benzene rings is 1. The van der Waals surface area contributed by atoms with Gasteiger partial charge < -0.3 is 5.73 Å². The molecule has 1 aromatic carbocycles. The fraction of sp³-hybridized carbons (Fsp3) is 0.364. The molecule has 1 aliphatic rings. The molecule has 0 aromatic heterocycles. The summed E-state index contributed by atoms with van der Waals surface area (Å²) in [5.41, 5.74) is 7.30. The van der Waals surface area contributed by atoms with Crippen molar-refractivity contribution in [2.24, 2.45) is 5.73 Å². The summed E-state index contributed by atoms with van der Waals surface area (Å²) in [6.07, 6.45) is 1.77. The first-order valence-corrected chi connectivity index (χ1v) is 5.42. The summed E-state index contributed by atoms with van der Waals surface area (Å²) in [4.78, 5) is 11.4. The second-order valence-electron chi connectivity index (χ2n) is 4.00. The van der Waals surface area contributed by atoms with Crippen molar-refractivity contribution in [1.82, 2.24) is 0 Å². The Morgan fingerprint density at radius 2 is 2.29 bits per heavy atom. The Balaban J connectivity index is 2.58. The maximum absolute atomic E-state index is 11.4. The molecule has 0 spiro atoms. The van der Waals surface area contributed by atoms with Gasteiger partial charge in [-0.1, -0.05) is 22.0 Å². The number of carbonyl (C=O) groups is 1. The second kappa shape index (κ2) is 3.09. The first-order valence-electron chi connectivity index (χ1n) is 4.63. The molecule has 1 aromatic rings. The van der Waals surface area contributed by atoms with Crippen molar-refractivity contribution in [2.75, 3.05) is 0 Å². The lowest BCUT2D eigenvalue weighted by molar-refractivity contribution is -0.122. The number of halogens is 1. The van der Waals surface area contributed by atoms with Gasteiger partial charge in [-0.2, -0.15) is 0 Å². The highest BCUT2D eigenvalue weighted by atomic mass is 79.9. The first kappa shape index (κ1) is 9.71. The molecule has 1 aliphatic carbocycles. The van der Waals surface area contributed by atoms with Gasteiger partial charge in [0.25, 0.3) is 0 Å². The SMILES string of the molecule is CC1(C(N)=O)CCc2ccc(Br)cc21. The molecule has 0 fully saturated rings. The highest BCUT2D eigenvalue weighted by Gasteiger charge is 2.39. The molecular formula is C11H12BrNO. The lowest BCUT2D eigenvalue weighted by Gasteiger charge is -2.20. The fourth-order valence-electron chi connectivity index (χ4n) is 2.06. The molecular weight excluding hydrogens is 242 g/mol. The van der Waals surface area contributed by atoms with Gasteiger partial charge in [-0.05, 0) is 43.0 Å². The van der Waals surface area contributed by atoms with E-state index in [0.717, 1.165) is 22.9 Å². The molecule has 2 nitrogen and oxygen atoms in total. The van der Waals surface area contributed by atoms with Crippen LogP contribution in [0.5, 0.6) is 0 Å². The molecule has 74 valence electrons. The van der Waals surface area contributed by atoms with Gasteiger partial charge in [0.05, 0.1) is 5.41 Å². The molecule has 1 atom stereocenters. The van der Waals surface area contributed by atoms with Crippen LogP contribution in [0.3, 0.4) is 0 Å². The zero-order valence-electron chi connectivity index (χ0n) is 8.01. The van der Waals surface area contributed by atoms with Crippen LogP contribution in [0.15, 0.2) is 22.7 Å². The van der Waals surface area contributed by atoms with Crippen molar-refractivity contribution in [2.45, 2.75) is 25.2 Å². The average molecular weight is 254 g/mol. The zero-order chi connectivity index (χ0) is 10.3. The number of nitrogens with two attached hydrogens (primary N) is 1. The number of hydrogen-bond acceptors (Lipinski definition) is 1. The maximum atomic E-state index is 11.4. The summed E-state index contributed by atoms with van der Waals surface area (Å²) in [5, 5.41) is 0. The van der Waals surface area contributed by atoms with Crippen LogP contribution in [0, 0.1) is 0 Å². The number of aryl methyl sites for hydroxylation is 1. The predicted molar refractivity (Wildman–Crippen MR) is 59.0 cm³/mol. The maximum Gasteiger partial charge on any atom is 0.227 e. The normalized spacial score (nSPS) is 24.7. The number of carbonyl (C=O) groups excluding carboxylic acids is 1. The zero-order valence-corrected chi connectivity index (χ0v) is 9.60. The molecule has 0 saturated heterocycles. The van der Waals surface area contributed by atoms with E-state index in [2.05, 4.69) is 22.0 Å². The minimum absolute atomic E-state index is 0.227. The molecule has 2 rings (SSSR count). The summed E-state index contributed by atoms with van der Waals surface area (Å²) in [6.45, 7) is 1.92. The van der Waals surface area contributed by atoms with Gasteiger partial charge in [0.15, 0.2) is 0 Å². The van der Waals surface area contributed by atoms with Crippen molar-refractivity contribution in [1.29, 1.82) is 0 Å². The Morgan fingerprint density at radius 3 is 2.93 bits per heavy atom. The van der Waals surface area contributed by atoms with Gasteiger partial charge in [0.1, 0.15) is 0 Å². The number of fused-ring (bicyclic) bond motifs is 1. The van der Waals surface area contributed by atoms with Gasteiger partial charge in [0, 0.05) is 4.47 Å². The Kier molecular flexibility index (Phi) is 2.14. The van der Waals surface area contributed by atoms with E-state index in [-0.39, 0.29) is 5.91 Å². The quantitative estimate of drug-likeness (QED) is 0.819. The Hall–Kier alpha value is -0.830. The lowest BCUT2D eigenvalue weighted by atomic mass is 9.83. The summed E-state index contributed by atoms with van der Waals surface area (Å²) in [5.74, 6) is -0.227. The lowest BCUT2D eigenvalue weighted by Crippen LogP contribution is -2.36. The van der Waals surface area contributed by atoms with Crippen LogP contribution < -0.4 is 5.73 Å². The number of primary amides is 1. The Morgan fingerprint density at radius 1 is 1.57 bits per heavy atom. The van der Waals surface area contributed by atoms with Crippen LogP contribution in [0.25, 0.3) is 0 Å². The minimum atomic E-state index is -0.473. The third-order valence-corrected chi connectivity index (χ3v) is 3.60. The van der Waals surface area contributed by atoms with Crippen LogP contribution in [-0.4, -0.2) is 5.91 Å². The highest BCUT2D eigenvalue weighted by Crippen LogP contribution is 2.39. The van der Waals surface area contributed by atoms with Crippen molar-refractivity contribution in [3.05, 3.63) is 33.8 Å². The second-order valence-corrected chi connectivity index (χ2v) is 4.91. The summed E-state index contributed by atoms with van der Waals surface area (Å²) >= 11 is 3.41. The average Bonchev–Trinajstić information content (AvgIpc) is 2.46. The van der Waals surface area contributed by atoms with Crippen molar-refractivity contribution < 1.29 is 4.79 Å². The molecule has 3 heteroatoms. The van der Waals surface area contributed by atoms with E-state index < -0.39 is 5.41 Å². The van der Waals surface area contributed by atoms with E-state index >= 15 is 0 Å². The Labute approximate surface area is 91.6 Å². The van der Waals surface area contributed by atoms with Crippen LogP contribution in [-0.2, 0) is 16.6 Å². The van der Waals surface area contributed by atoms with Crippen LogP contribution in [0.1, 0.15) is 24.5 Å². The predicted octanol–water partition coefficient (Wildman–Crippen LogP) is 2.14. The van der Waals surface area contributed by atoms with Gasteiger partial charge >= 0.3 is 0 Å². The molecule has 14 heavy (non-hydrogen) atoms. The molecule has 0 aliphatic heterocycles. The molecule has 1 unspecified atom stereocenters. The minimum Gasteiger partial charge on any atom is -0.369 e. The van der Waals surface area contributed by atoms with E-state index in [1.165, 1.54) is 5.56 Å². The van der Waals surface area contributed by atoms with Crippen molar-refractivity contribution in [3.63, 3.8) is 0 Å². The third kappa shape index (κ3) is 1.27. The van der Waals surface area contributed by atoms with Gasteiger partial charge in [0.2, 0.25) is 5.91 Å². The molecule has 0 radical (unpaired) electrons. The monoisotopic (exact) mass is 253 g/mol. The van der Waals surface area contributed by atoms with Crippen LogP contribution in [0.4, 0.5) is 0 Å². The van der Waals surface area contributed by atoms with E-state index in [1.54, 1.807) is 0 Å². The molecule has 0 bridgehead atoms. The van der Waals surface area contributed by atoms with E-state index in [9.17, 15) is 4.79 Å². The standard InChI is InChI=1S/C11H12BrNO/c1-11(10(13)14)5-4-7-2-3-8(12)6-9(7)11/h2-3,6H,4-5H2,1H3,(H2,13,14). The van der Waals surface area contributed by atoms with Crippen molar-refractivity contribution >= 4 is 21.8 Å². The number of hydrogen-bond donors (Lipinski definition) is 1.